The molecule has 0 aliphatic rings. The van der Waals surface area contributed by atoms with Crippen LogP contribution in [0.25, 0.3) is 0 Å². The Morgan fingerprint density at radius 3 is 2.60 bits per heavy atom. The lowest BCUT2D eigenvalue weighted by molar-refractivity contribution is -0.121. The fourth-order valence-electron chi connectivity index (χ4n) is 2.71. The Morgan fingerprint density at radius 1 is 1.10 bits per heavy atom. The Kier molecular flexibility index (Phi) is 7.96. The van der Waals surface area contributed by atoms with E-state index in [0.717, 1.165) is 11.1 Å². The summed E-state index contributed by atoms with van der Waals surface area (Å²) >= 11 is 7.29. The molecular formula is C22H21ClN2O4S. The van der Waals surface area contributed by atoms with Crippen LogP contribution in [0.2, 0.25) is 5.02 Å². The zero-order chi connectivity index (χ0) is 21.3. The van der Waals surface area contributed by atoms with E-state index in [1.165, 1.54) is 11.3 Å². The maximum Gasteiger partial charge on any atom is 0.358 e. The quantitative estimate of drug-likeness (QED) is 0.483. The zero-order valence-corrected chi connectivity index (χ0v) is 18.0. The molecule has 6 nitrogen and oxygen atoms in total. The lowest BCUT2D eigenvalue weighted by atomic mass is 10.1. The van der Waals surface area contributed by atoms with Gasteiger partial charge in [-0.3, -0.25) is 10.1 Å². The van der Waals surface area contributed by atoms with Gasteiger partial charge in [0.25, 0.3) is 5.91 Å². The SMILES string of the molecule is CCOC(=O)c1nc(NC(=O)COCc2ccccc2)sc1Cc1cccc(Cl)c1. The number of hydrogen-bond donors (Lipinski definition) is 1. The molecule has 0 fully saturated rings. The van der Waals surface area contributed by atoms with Crippen LogP contribution in [0.1, 0.15) is 33.4 Å². The minimum absolute atomic E-state index is 0.118. The summed E-state index contributed by atoms with van der Waals surface area (Å²) in [5.74, 6) is -0.865. The van der Waals surface area contributed by atoms with Gasteiger partial charge < -0.3 is 9.47 Å². The molecule has 1 aromatic heterocycles. The number of benzene rings is 2. The smallest absolute Gasteiger partial charge is 0.358 e. The summed E-state index contributed by atoms with van der Waals surface area (Å²) in [5, 5.41) is 3.63. The number of carbonyl (C=O) groups excluding carboxylic acids is 2. The summed E-state index contributed by atoms with van der Waals surface area (Å²) in [6, 6.07) is 16.9. The summed E-state index contributed by atoms with van der Waals surface area (Å²) in [4.78, 5) is 29.5. The largest absolute Gasteiger partial charge is 0.461 e. The predicted octanol–water partition coefficient (Wildman–Crippen LogP) is 4.72. The maximum absolute atomic E-state index is 12.3. The van der Waals surface area contributed by atoms with E-state index in [9.17, 15) is 9.59 Å². The van der Waals surface area contributed by atoms with Crippen LogP contribution in [0, 0.1) is 0 Å². The van der Waals surface area contributed by atoms with Gasteiger partial charge in [0.15, 0.2) is 10.8 Å². The number of carbonyl (C=O) groups is 2. The van der Waals surface area contributed by atoms with Crippen molar-refractivity contribution >= 4 is 39.9 Å². The number of nitrogens with one attached hydrogen (secondary N) is 1. The molecular weight excluding hydrogens is 424 g/mol. The zero-order valence-electron chi connectivity index (χ0n) is 16.4. The molecule has 1 amide bonds. The third kappa shape index (κ3) is 6.38. The number of hydrogen-bond acceptors (Lipinski definition) is 6. The van der Waals surface area contributed by atoms with Crippen molar-refractivity contribution in [1.82, 2.24) is 4.98 Å². The average Bonchev–Trinajstić information content (AvgIpc) is 3.11. The number of halogens is 1. The van der Waals surface area contributed by atoms with E-state index < -0.39 is 5.97 Å². The lowest BCUT2D eigenvalue weighted by Crippen LogP contribution is -2.18. The van der Waals surface area contributed by atoms with Gasteiger partial charge in [-0.15, -0.1) is 11.3 Å². The van der Waals surface area contributed by atoms with Gasteiger partial charge in [0.2, 0.25) is 0 Å². The monoisotopic (exact) mass is 444 g/mol. The summed E-state index contributed by atoms with van der Waals surface area (Å²) in [7, 11) is 0. The first-order valence-corrected chi connectivity index (χ1v) is 10.6. The molecule has 156 valence electrons. The molecule has 0 radical (unpaired) electrons. The van der Waals surface area contributed by atoms with E-state index in [4.69, 9.17) is 21.1 Å². The second kappa shape index (κ2) is 10.9. The van der Waals surface area contributed by atoms with E-state index in [2.05, 4.69) is 10.3 Å². The van der Waals surface area contributed by atoms with E-state index >= 15 is 0 Å². The van der Waals surface area contributed by atoms with Crippen molar-refractivity contribution in [3.8, 4) is 0 Å². The van der Waals surface area contributed by atoms with Crippen LogP contribution in [0.4, 0.5) is 5.13 Å². The van der Waals surface area contributed by atoms with Crippen LogP contribution < -0.4 is 5.32 Å². The Balaban J connectivity index is 1.66. The molecule has 30 heavy (non-hydrogen) atoms. The number of aromatic nitrogens is 1. The first kappa shape index (κ1) is 22.0. The van der Waals surface area contributed by atoms with Gasteiger partial charge in [-0.2, -0.15) is 0 Å². The van der Waals surface area contributed by atoms with Crippen molar-refractivity contribution in [2.24, 2.45) is 0 Å². The Hall–Kier alpha value is -2.74. The molecule has 3 rings (SSSR count). The molecule has 2 aromatic carbocycles. The highest BCUT2D eigenvalue weighted by Gasteiger charge is 2.21. The number of esters is 1. The lowest BCUT2D eigenvalue weighted by Gasteiger charge is -2.04. The highest BCUT2D eigenvalue weighted by molar-refractivity contribution is 7.16. The summed E-state index contributed by atoms with van der Waals surface area (Å²) in [6.45, 7) is 2.18. The van der Waals surface area contributed by atoms with Gasteiger partial charge in [-0.05, 0) is 30.2 Å². The molecule has 0 atom stereocenters. The minimum atomic E-state index is -0.522. The van der Waals surface area contributed by atoms with Crippen LogP contribution in [0.3, 0.4) is 0 Å². The summed E-state index contributed by atoms with van der Waals surface area (Å²) < 4.78 is 10.5. The Morgan fingerprint density at radius 2 is 1.87 bits per heavy atom. The topological polar surface area (TPSA) is 77.5 Å². The number of rotatable bonds is 9. The van der Waals surface area contributed by atoms with E-state index in [-0.39, 0.29) is 24.8 Å². The van der Waals surface area contributed by atoms with Gasteiger partial charge in [0.1, 0.15) is 6.61 Å². The van der Waals surface area contributed by atoms with Gasteiger partial charge in [0, 0.05) is 16.3 Å². The molecule has 0 saturated heterocycles. The van der Waals surface area contributed by atoms with Crippen molar-refractivity contribution in [3.05, 3.63) is 81.3 Å². The molecule has 0 spiro atoms. The molecule has 1 heterocycles. The van der Waals surface area contributed by atoms with Crippen LogP contribution in [0.5, 0.6) is 0 Å². The van der Waals surface area contributed by atoms with E-state index in [1.807, 2.05) is 48.5 Å². The van der Waals surface area contributed by atoms with Crippen LogP contribution in [-0.4, -0.2) is 30.1 Å². The van der Waals surface area contributed by atoms with Gasteiger partial charge in [-0.25, -0.2) is 9.78 Å². The highest BCUT2D eigenvalue weighted by atomic mass is 35.5. The van der Waals surface area contributed by atoms with Gasteiger partial charge >= 0.3 is 5.97 Å². The molecule has 1 N–H and O–H groups in total. The number of nitrogens with zero attached hydrogens (tertiary/aromatic N) is 1. The number of anilines is 1. The fraction of sp³-hybridized carbons (Fsp3) is 0.227. The average molecular weight is 445 g/mol. The number of thiazole rings is 1. The van der Waals surface area contributed by atoms with Crippen molar-refractivity contribution in [2.45, 2.75) is 20.0 Å². The normalized spacial score (nSPS) is 10.6. The van der Waals surface area contributed by atoms with Crippen molar-refractivity contribution < 1.29 is 19.1 Å². The number of ether oxygens (including phenoxy) is 2. The number of amides is 1. The maximum atomic E-state index is 12.3. The first-order chi connectivity index (χ1) is 14.5. The molecule has 0 saturated carbocycles. The summed E-state index contributed by atoms with van der Waals surface area (Å²) in [6.07, 6.45) is 0.451. The molecule has 8 heteroatoms. The molecule has 0 bridgehead atoms. The third-order valence-corrected chi connectivity index (χ3v) is 5.22. The van der Waals surface area contributed by atoms with E-state index in [0.29, 0.717) is 28.1 Å². The highest BCUT2D eigenvalue weighted by Crippen LogP contribution is 2.27. The van der Waals surface area contributed by atoms with Crippen molar-refractivity contribution in [2.75, 3.05) is 18.5 Å². The standard InChI is InChI=1S/C22H21ClN2O4S/c1-2-29-21(27)20-18(12-16-9-6-10-17(23)11-16)30-22(25-20)24-19(26)14-28-13-15-7-4-3-5-8-15/h3-11H,2,12-14H2,1H3,(H,24,25,26). The molecule has 0 aliphatic carbocycles. The van der Waals surface area contributed by atoms with Gasteiger partial charge in [-0.1, -0.05) is 54.1 Å². The molecule has 0 aliphatic heterocycles. The van der Waals surface area contributed by atoms with Crippen molar-refractivity contribution in [3.63, 3.8) is 0 Å². The second-order valence-electron chi connectivity index (χ2n) is 6.34. The van der Waals surface area contributed by atoms with E-state index in [1.54, 1.807) is 13.0 Å². The Labute approximate surface area is 183 Å². The van der Waals surface area contributed by atoms with Crippen LogP contribution in [0.15, 0.2) is 54.6 Å². The fourth-order valence-corrected chi connectivity index (χ4v) is 3.92. The third-order valence-electron chi connectivity index (χ3n) is 4.01. The summed E-state index contributed by atoms with van der Waals surface area (Å²) in [5.41, 5.74) is 2.11. The minimum Gasteiger partial charge on any atom is -0.461 e. The molecule has 3 aromatic rings. The first-order valence-electron chi connectivity index (χ1n) is 9.38. The van der Waals surface area contributed by atoms with Gasteiger partial charge in [0.05, 0.1) is 13.2 Å². The van der Waals surface area contributed by atoms with Crippen LogP contribution in [-0.2, 0) is 27.3 Å². The van der Waals surface area contributed by atoms with Crippen LogP contribution >= 0.6 is 22.9 Å². The Bertz CT molecular complexity index is 1010. The second-order valence-corrected chi connectivity index (χ2v) is 7.86. The predicted molar refractivity (Wildman–Crippen MR) is 117 cm³/mol. The van der Waals surface area contributed by atoms with Crippen molar-refractivity contribution in [1.29, 1.82) is 0 Å². The molecule has 0 unspecified atom stereocenters.